The summed E-state index contributed by atoms with van der Waals surface area (Å²) in [4.78, 5) is 26.9. The van der Waals surface area contributed by atoms with Crippen LogP contribution in [0.15, 0.2) is 42.5 Å². The van der Waals surface area contributed by atoms with Crippen molar-refractivity contribution in [2.24, 2.45) is 0 Å². The molecular weight excluding hydrogens is 429 g/mol. The molecule has 0 saturated carbocycles. The zero-order valence-corrected chi connectivity index (χ0v) is 17.4. The highest BCUT2D eigenvalue weighted by molar-refractivity contribution is 5.93. The van der Waals surface area contributed by atoms with E-state index in [0.29, 0.717) is 44.0 Å². The van der Waals surface area contributed by atoms with E-state index in [1.165, 1.54) is 30.3 Å². The van der Waals surface area contributed by atoms with Gasteiger partial charge in [-0.2, -0.15) is 0 Å². The lowest BCUT2D eigenvalue weighted by molar-refractivity contribution is -0.384. The Hall–Kier alpha value is -3.18. The van der Waals surface area contributed by atoms with E-state index in [9.17, 15) is 28.1 Å². The second kappa shape index (κ2) is 9.96. The molecule has 2 aromatic carbocycles. The standard InChI is InChI=1S/C21H23F3N4O4/c1-15-12-17(28(30)31)4-7-19(15)25-20(29)14-27-10-8-26(9-11-27)13-16-2-5-18(6-3-16)32-21(22,23)24/h2-7,12H,8-11,13-14H2,1H3,(H,25,29). The Morgan fingerprint density at radius 1 is 1.09 bits per heavy atom. The molecule has 1 aliphatic rings. The van der Waals surface area contributed by atoms with Gasteiger partial charge < -0.3 is 10.1 Å². The molecule has 0 atom stereocenters. The fourth-order valence-corrected chi connectivity index (χ4v) is 3.45. The molecule has 32 heavy (non-hydrogen) atoms. The van der Waals surface area contributed by atoms with Crippen LogP contribution in [0.3, 0.4) is 0 Å². The van der Waals surface area contributed by atoms with Gasteiger partial charge in [0.15, 0.2) is 0 Å². The summed E-state index contributed by atoms with van der Waals surface area (Å²) in [7, 11) is 0. The van der Waals surface area contributed by atoms with E-state index in [-0.39, 0.29) is 23.9 Å². The maximum absolute atomic E-state index is 12.4. The van der Waals surface area contributed by atoms with Crippen molar-refractivity contribution in [1.82, 2.24) is 9.80 Å². The van der Waals surface area contributed by atoms with Crippen LogP contribution in [0.25, 0.3) is 0 Å². The number of aryl methyl sites for hydroxylation is 1. The summed E-state index contributed by atoms with van der Waals surface area (Å²) in [6, 6.07) is 10.1. The lowest BCUT2D eigenvalue weighted by Gasteiger charge is -2.34. The number of hydrogen-bond donors (Lipinski definition) is 1. The molecular formula is C21H23F3N4O4. The van der Waals surface area contributed by atoms with Gasteiger partial charge in [-0.1, -0.05) is 12.1 Å². The van der Waals surface area contributed by atoms with Gasteiger partial charge >= 0.3 is 6.36 Å². The molecule has 0 unspecified atom stereocenters. The predicted octanol–water partition coefficient (Wildman–Crippen LogP) is 3.56. The van der Waals surface area contributed by atoms with Crippen molar-refractivity contribution in [1.29, 1.82) is 0 Å². The second-order valence-corrected chi connectivity index (χ2v) is 7.55. The minimum Gasteiger partial charge on any atom is -0.406 e. The number of alkyl halides is 3. The van der Waals surface area contributed by atoms with Crippen molar-refractivity contribution in [2.45, 2.75) is 19.8 Å². The third-order valence-electron chi connectivity index (χ3n) is 5.09. The number of nitro groups is 1. The lowest BCUT2D eigenvalue weighted by Crippen LogP contribution is -2.48. The van der Waals surface area contributed by atoms with E-state index in [2.05, 4.69) is 15.0 Å². The van der Waals surface area contributed by atoms with Gasteiger partial charge in [0.25, 0.3) is 5.69 Å². The number of ether oxygens (including phenoxy) is 1. The van der Waals surface area contributed by atoms with Gasteiger partial charge in [-0.15, -0.1) is 13.2 Å². The number of carbonyl (C=O) groups excluding carboxylic acids is 1. The first-order chi connectivity index (χ1) is 15.1. The van der Waals surface area contributed by atoms with Crippen LogP contribution < -0.4 is 10.1 Å². The normalized spacial score (nSPS) is 15.4. The van der Waals surface area contributed by atoms with Crippen LogP contribution in [0.4, 0.5) is 24.5 Å². The number of nitro benzene ring substituents is 1. The Bertz CT molecular complexity index is 959. The lowest BCUT2D eigenvalue weighted by atomic mass is 10.1. The molecule has 1 saturated heterocycles. The minimum atomic E-state index is -4.71. The van der Waals surface area contributed by atoms with Gasteiger partial charge in [0.2, 0.25) is 5.91 Å². The summed E-state index contributed by atoms with van der Waals surface area (Å²) in [6.07, 6.45) is -4.71. The molecule has 1 amide bonds. The van der Waals surface area contributed by atoms with E-state index in [4.69, 9.17) is 0 Å². The molecule has 3 rings (SSSR count). The summed E-state index contributed by atoms with van der Waals surface area (Å²) in [5.41, 5.74) is 2.00. The first-order valence-electron chi connectivity index (χ1n) is 9.93. The van der Waals surface area contributed by atoms with E-state index in [1.54, 1.807) is 19.1 Å². The molecule has 1 N–H and O–H groups in total. The molecule has 1 fully saturated rings. The maximum atomic E-state index is 12.4. The van der Waals surface area contributed by atoms with Crippen LogP contribution in [-0.4, -0.2) is 59.7 Å². The number of hydrogen-bond acceptors (Lipinski definition) is 6. The summed E-state index contributed by atoms with van der Waals surface area (Å²) in [5.74, 6) is -0.448. The molecule has 2 aromatic rings. The molecule has 172 valence electrons. The number of piperazine rings is 1. The van der Waals surface area contributed by atoms with Crippen molar-refractivity contribution in [2.75, 3.05) is 38.0 Å². The average molecular weight is 452 g/mol. The van der Waals surface area contributed by atoms with Gasteiger partial charge in [-0.25, -0.2) is 0 Å². The van der Waals surface area contributed by atoms with Gasteiger partial charge in [-0.05, 0) is 36.2 Å². The summed E-state index contributed by atoms with van der Waals surface area (Å²) in [6.45, 7) is 5.25. The summed E-state index contributed by atoms with van der Waals surface area (Å²) >= 11 is 0. The summed E-state index contributed by atoms with van der Waals surface area (Å²) < 4.78 is 40.6. The van der Waals surface area contributed by atoms with E-state index < -0.39 is 11.3 Å². The van der Waals surface area contributed by atoms with Crippen molar-refractivity contribution in [3.63, 3.8) is 0 Å². The number of non-ortho nitro benzene ring substituents is 1. The molecule has 0 radical (unpaired) electrons. The molecule has 11 heteroatoms. The first-order valence-corrected chi connectivity index (χ1v) is 9.93. The molecule has 1 aliphatic heterocycles. The predicted molar refractivity (Wildman–Crippen MR) is 111 cm³/mol. The molecule has 8 nitrogen and oxygen atoms in total. The summed E-state index contributed by atoms with van der Waals surface area (Å²) in [5, 5.41) is 13.6. The Morgan fingerprint density at radius 3 is 2.28 bits per heavy atom. The second-order valence-electron chi connectivity index (χ2n) is 7.55. The monoisotopic (exact) mass is 452 g/mol. The molecule has 0 spiro atoms. The quantitative estimate of drug-likeness (QED) is 0.511. The van der Waals surface area contributed by atoms with Crippen LogP contribution in [0.5, 0.6) is 5.75 Å². The zero-order chi connectivity index (χ0) is 23.3. The highest BCUT2D eigenvalue weighted by Gasteiger charge is 2.31. The van der Waals surface area contributed by atoms with Crippen LogP contribution in [0.2, 0.25) is 0 Å². The fraction of sp³-hybridized carbons (Fsp3) is 0.381. The number of anilines is 1. The van der Waals surface area contributed by atoms with Gasteiger partial charge in [-0.3, -0.25) is 24.7 Å². The molecule has 0 bridgehead atoms. The van der Waals surface area contributed by atoms with Crippen LogP contribution in [0, 0.1) is 17.0 Å². The van der Waals surface area contributed by atoms with Crippen LogP contribution >= 0.6 is 0 Å². The number of rotatable bonds is 7. The largest absolute Gasteiger partial charge is 0.573 e. The van der Waals surface area contributed by atoms with E-state index in [1.807, 2.05) is 4.90 Å². The maximum Gasteiger partial charge on any atom is 0.573 e. The van der Waals surface area contributed by atoms with Gasteiger partial charge in [0.1, 0.15) is 5.75 Å². The van der Waals surface area contributed by atoms with E-state index >= 15 is 0 Å². The number of halogens is 3. The third kappa shape index (κ3) is 6.92. The van der Waals surface area contributed by atoms with Crippen LogP contribution in [0.1, 0.15) is 11.1 Å². The Balaban J connectivity index is 1.43. The van der Waals surface area contributed by atoms with E-state index in [0.717, 1.165) is 5.56 Å². The Labute approximate surface area is 182 Å². The van der Waals surface area contributed by atoms with Crippen molar-refractivity contribution in [3.8, 4) is 5.75 Å². The minimum absolute atomic E-state index is 0.0286. The highest BCUT2D eigenvalue weighted by atomic mass is 19.4. The Morgan fingerprint density at radius 2 is 1.72 bits per heavy atom. The Kier molecular flexibility index (Phi) is 7.31. The van der Waals surface area contributed by atoms with Crippen molar-refractivity contribution < 1.29 is 27.6 Å². The molecule has 0 aromatic heterocycles. The highest BCUT2D eigenvalue weighted by Crippen LogP contribution is 2.23. The SMILES string of the molecule is Cc1cc([N+](=O)[O-])ccc1NC(=O)CN1CCN(Cc2ccc(OC(F)(F)F)cc2)CC1. The van der Waals surface area contributed by atoms with Gasteiger partial charge in [0.05, 0.1) is 11.5 Å². The van der Waals surface area contributed by atoms with Crippen LogP contribution in [-0.2, 0) is 11.3 Å². The molecule has 0 aliphatic carbocycles. The number of nitrogens with zero attached hydrogens (tertiary/aromatic N) is 3. The number of nitrogens with one attached hydrogen (secondary N) is 1. The molecule has 1 heterocycles. The first kappa shape index (κ1) is 23.5. The van der Waals surface area contributed by atoms with Crippen molar-refractivity contribution >= 4 is 17.3 Å². The smallest absolute Gasteiger partial charge is 0.406 e. The van der Waals surface area contributed by atoms with Crippen molar-refractivity contribution in [3.05, 3.63) is 63.7 Å². The topological polar surface area (TPSA) is 88.0 Å². The number of carbonyl (C=O) groups is 1. The number of amides is 1. The van der Waals surface area contributed by atoms with Gasteiger partial charge in [0, 0.05) is 50.5 Å². The number of benzene rings is 2. The third-order valence-corrected chi connectivity index (χ3v) is 5.09. The average Bonchev–Trinajstić information content (AvgIpc) is 2.71. The zero-order valence-electron chi connectivity index (χ0n) is 17.4. The fourth-order valence-electron chi connectivity index (χ4n) is 3.45.